The standard InChI is InChI=1S/C23H28Cl2FN3O4S/c1-4-27-23(31)16(2)28(15-17-7-12-20(24)21(25)14-17)22(30)6-5-13-29(34(3,32)33)19-10-8-18(26)9-11-19/h7-12,14,16H,4-6,13,15H2,1-3H3,(H,27,31)/t16-/m0/s1. The summed E-state index contributed by atoms with van der Waals surface area (Å²) >= 11 is 12.1. The molecule has 2 aromatic rings. The Morgan fingerprint density at radius 3 is 2.29 bits per heavy atom. The summed E-state index contributed by atoms with van der Waals surface area (Å²) < 4.78 is 38.9. The van der Waals surface area contributed by atoms with Gasteiger partial charge in [-0.3, -0.25) is 13.9 Å². The molecular weight excluding hydrogens is 504 g/mol. The normalized spacial score (nSPS) is 12.2. The zero-order chi connectivity index (χ0) is 25.5. The van der Waals surface area contributed by atoms with E-state index in [1.54, 1.807) is 32.0 Å². The fourth-order valence-electron chi connectivity index (χ4n) is 3.35. The Balaban J connectivity index is 2.17. The van der Waals surface area contributed by atoms with Gasteiger partial charge in [0.05, 0.1) is 22.0 Å². The van der Waals surface area contributed by atoms with Gasteiger partial charge in [-0.15, -0.1) is 0 Å². The third kappa shape index (κ3) is 7.85. The lowest BCUT2D eigenvalue weighted by atomic mass is 10.1. The number of hydrogen-bond acceptors (Lipinski definition) is 4. The molecule has 0 radical (unpaired) electrons. The summed E-state index contributed by atoms with van der Waals surface area (Å²) in [5.74, 6) is -1.11. The maximum absolute atomic E-state index is 13.2. The number of likely N-dealkylation sites (N-methyl/N-ethyl adjacent to an activating group) is 1. The maximum atomic E-state index is 13.2. The monoisotopic (exact) mass is 531 g/mol. The van der Waals surface area contributed by atoms with Gasteiger partial charge in [0.1, 0.15) is 11.9 Å². The summed E-state index contributed by atoms with van der Waals surface area (Å²) in [6.07, 6.45) is 1.24. The summed E-state index contributed by atoms with van der Waals surface area (Å²) in [5, 5.41) is 3.42. The Morgan fingerprint density at radius 2 is 1.74 bits per heavy atom. The number of rotatable bonds is 11. The van der Waals surface area contributed by atoms with Crippen LogP contribution in [0.4, 0.5) is 10.1 Å². The Labute approximate surface area is 209 Å². The number of nitrogens with one attached hydrogen (secondary N) is 1. The number of halogens is 3. The third-order valence-electron chi connectivity index (χ3n) is 5.12. The molecule has 0 unspecified atom stereocenters. The molecule has 0 spiro atoms. The minimum Gasteiger partial charge on any atom is -0.355 e. The highest BCUT2D eigenvalue weighted by molar-refractivity contribution is 7.92. The lowest BCUT2D eigenvalue weighted by Gasteiger charge is -2.29. The highest BCUT2D eigenvalue weighted by Crippen LogP contribution is 2.24. The minimum atomic E-state index is -3.65. The second-order valence-corrected chi connectivity index (χ2v) is 10.5. The quantitative estimate of drug-likeness (QED) is 0.469. The molecule has 2 aromatic carbocycles. The first kappa shape index (κ1) is 27.9. The van der Waals surface area contributed by atoms with Gasteiger partial charge < -0.3 is 10.2 Å². The van der Waals surface area contributed by atoms with Crippen molar-refractivity contribution >= 4 is 50.7 Å². The van der Waals surface area contributed by atoms with E-state index in [1.165, 1.54) is 29.2 Å². The van der Waals surface area contributed by atoms with E-state index >= 15 is 0 Å². The van der Waals surface area contributed by atoms with Gasteiger partial charge in [0, 0.05) is 26.1 Å². The Hall–Kier alpha value is -2.36. The molecule has 0 aliphatic rings. The third-order valence-corrected chi connectivity index (χ3v) is 7.06. The van der Waals surface area contributed by atoms with Gasteiger partial charge in [-0.2, -0.15) is 0 Å². The molecule has 7 nitrogen and oxygen atoms in total. The number of benzene rings is 2. The van der Waals surface area contributed by atoms with Gasteiger partial charge in [-0.25, -0.2) is 12.8 Å². The first-order valence-corrected chi connectivity index (χ1v) is 13.3. The van der Waals surface area contributed by atoms with Crippen LogP contribution in [-0.2, 0) is 26.2 Å². The molecule has 186 valence electrons. The number of carbonyl (C=O) groups excluding carboxylic acids is 2. The van der Waals surface area contributed by atoms with Crippen LogP contribution in [0.1, 0.15) is 32.3 Å². The highest BCUT2D eigenvalue weighted by atomic mass is 35.5. The van der Waals surface area contributed by atoms with Crippen molar-refractivity contribution in [2.75, 3.05) is 23.7 Å². The van der Waals surface area contributed by atoms with Crippen molar-refractivity contribution in [2.24, 2.45) is 0 Å². The van der Waals surface area contributed by atoms with Crippen LogP contribution in [0.5, 0.6) is 0 Å². The predicted molar refractivity (Wildman–Crippen MR) is 133 cm³/mol. The van der Waals surface area contributed by atoms with Gasteiger partial charge in [0.25, 0.3) is 0 Å². The molecule has 11 heteroatoms. The molecule has 2 amide bonds. The molecule has 2 rings (SSSR count). The molecule has 0 saturated heterocycles. The van der Waals surface area contributed by atoms with Crippen molar-refractivity contribution in [3.63, 3.8) is 0 Å². The van der Waals surface area contributed by atoms with E-state index in [4.69, 9.17) is 23.2 Å². The van der Waals surface area contributed by atoms with Crippen LogP contribution >= 0.6 is 23.2 Å². The van der Waals surface area contributed by atoms with Crippen molar-refractivity contribution in [1.29, 1.82) is 0 Å². The molecule has 34 heavy (non-hydrogen) atoms. The Morgan fingerprint density at radius 1 is 1.09 bits per heavy atom. The van der Waals surface area contributed by atoms with Gasteiger partial charge >= 0.3 is 0 Å². The van der Waals surface area contributed by atoms with E-state index in [2.05, 4.69) is 5.32 Å². The molecule has 0 heterocycles. The van der Waals surface area contributed by atoms with Crippen molar-refractivity contribution in [2.45, 2.75) is 39.3 Å². The highest BCUT2D eigenvalue weighted by Gasteiger charge is 2.26. The molecule has 0 bridgehead atoms. The molecule has 0 fully saturated rings. The van der Waals surface area contributed by atoms with Crippen molar-refractivity contribution < 1.29 is 22.4 Å². The second-order valence-electron chi connectivity index (χ2n) is 7.76. The minimum absolute atomic E-state index is 0.00170. The number of carbonyl (C=O) groups is 2. The lowest BCUT2D eigenvalue weighted by molar-refractivity contribution is -0.140. The topological polar surface area (TPSA) is 86.8 Å². The lowest BCUT2D eigenvalue weighted by Crippen LogP contribution is -2.47. The van der Waals surface area contributed by atoms with Gasteiger partial charge in [-0.1, -0.05) is 29.3 Å². The van der Waals surface area contributed by atoms with Crippen molar-refractivity contribution in [3.05, 3.63) is 63.9 Å². The van der Waals surface area contributed by atoms with Crippen LogP contribution in [0, 0.1) is 5.82 Å². The van der Waals surface area contributed by atoms with Crippen molar-refractivity contribution in [1.82, 2.24) is 10.2 Å². The number of amides is 2. The zero-order valence-electron chi connectivity index (χ0n) is 19.2. The SMILES string of the molecule is CCNC(=O)[C@H](C)N(Cc1ccc(Cl)c(Cl)c1)C(=O)CCCN(c1ccc(F)cc1)S(C)(=O)=O. The largest absolute Gasteiger partial charge is 0.355 e. The van der Waals surface area contributed by atoms with Crippen LogP contribution in [0.15, 0.2) is 42.5 Å². The van der Waals surface area contributed by atoms with E-state index in [9.17, 15) is 22.4 Å². The molecule has 0 aromatic heterocycles. The second kappa shape index (κ2) is 12.4. The molecule has 1 N–H and O–H groups in total. The number of nitrogens with zero attached hydrogens (tertiary/aromatic N) is 2. The van der Waals surface area contributed by atoms with Crippen LogP contribution in [0.2, 0.25) is 10.0 Å². The molecule has 1 atom stereocenters. The molecule has 0 aliphatic heterocycles. The molecule has 0 saturated carbocycles. The van der Waals surface area contributed by atoms with Crippen LogP contribution in [0.3, 0.4) is 0 Å². The van der Waals surface area contributed by atoms with Gasteiger partial charge in [0.2, 0.25) is 21.8 Å². The summed E-state index contributed by atoms with van der Waals surface area (Å²) in [6.45, 7) is 3.97. The van der Waals surface area contributed by atoms with E-state index < -0.39 is 21.9 Å². The van der Waals surface area contributed by atoms with Crippen LogP contribution in [-0.4, -0.2) is 50.5 Å². The van der Waals surface area contributed by atoms with E-state index in [0.717, 1.165) is 10.6 Å². The first-order chi connectivity index (χ1) is 15.9. The van der Waals surface area contributed by atoms with Crippen LogP contribution in [0.25, 0.3) is 0 Å². The summed E-state index contributed by atoms with van der Waals surface area (Å²) in [6, 6.07) is 9.29. The number of anilines is 1. The maximum Gasteiger partial charge on any atom is 0.242 e. The van der Waals surface area contributed by atoms with E-state index in [1.807, 2.05) is 0 Å². The number of sulfonamides is 1. The average Bonchev–Trinajstić information content (AvgIpc) is 2.77. The number of hydrogen-bond donors (Lipinski definition) is 1. The van der Waals surface area contributed by atoms with E-state index in [0.29, 0.717) is 27.8 Å². The van der Waals surface area contributed by atoms with Gasteiger partial charge in [-0.05, 0) is 62.2 Å². The van der Waals surface area contributed by atoms with Crippen molar-refractivity contribution in [3.8, 4) is 0 Å². The molecule has 0 aliphatic carbocycles. The summed E-state index contributed by atoms with van der Waals surface area (Å²) in [4.78, 5) is 27.0. The Bertz CT molecular complexity index is 1110. The Kier molecular flexibility index (Phi) is 10.1. The van der Waals surface area contributed by atoms with Gasteiger partial charge in [0.15, 0.2) is 0 Å². The van der Waals surface area contributed by atoms with Crippen LogP contribution < -0.4 is 9.62 Å². The fraction of sp³-hybridized carbons (Fsp3) is 0.391. The average molecular weight is 532 g/mol. The smallest absolute Gasteiger partial charge is 0.242 e. The molecular formula is C23H28Cl2FN3O4S. The fourth-order valence-corrected chi connectivity index (χ4v) is 4.64. The zero-order valence-corrected chi connectivity index (χ0v) is 21.6. The first-order valence-electron chi connectivity index (χ1n) is 10.7. The summed E-state index contributed by atoms with van der Waals surface area (Å²) in [5.41, 5.74) is 1.00. The van der Waals surface area contributed by atoms with E-state index in [-0.39, 0.29) is 37.7 Å². The predicted octanol–water partition coefficient (Wildman–Crippen LogP) is 4.23. The summed E-state index contributed by atoms with van der Waals surface area (Å²) in [7, 11) is -3.65.